The topological polar surface area (TPSA) is 100.0 Å². The molecule has 0 radical (unpaired) electrons. The molecule has 0 fully saturated rings. The van der Waals surface area contributed by atoms with Crippen LogP contribution in [0.4, 0.5) is 0 Å². The lowest BCUT2D eigenvalue weighted by molar-refractivity contribution is -0.118. The number of hydrogen-bond donors (Lipinski definition) is 1. The van der Waals surface area contributed by atoms with Gasteiger partial charge in [-0.1, -0.05) is 13.8 Å². The highest BCUT2D eigenvalue weighted by Crippen LogP contribution is 2.05. The average Bonchev–Trinajstić information content (AvgIpc) is 2.43. The van der Waals surface area contributed by atoms with E-state index in [4.69, 9.17) is 5.73 Å². The van der Waals surface area contributed by atoms with E-state index >= 15 is 0 Å². The second-order valence-corrected chi connectivity index (χ2v) is 5.35. The van der Waals surface area contributed by atoms with Crippen LogP contribution in [0.2, 0.25) is 0 Å². The number of rotatable bonds is 5. The van der Waals surface area contributed by atoms with Gasteiger partial charge in [-0.2, -0.15) is 0 Å². The number of hydrogen-bond acceptors (Lipinski definition) is 4. The molecule has 7 nitrogen and oxygen atoms in total. The zero-order valence-corrected chi connectivity index (χ0v) is 12.1. The van der Waals surface area contributed by atoms with Crippen LogP contribution in [0, 0.1) is 5.92 Å². The lowest BCUT2D eigenvalue weighted by Crippen LogP contribution is -2.42. The highest BCUT2D eigenvalue weighted by atomic mass is 16.2. The summed E-state index contributed by atoms with van der Waals surface area (Å²) in [5.41, 5.74) is 4.43. The van der Waals surface area contributed by atoms with Crippen LogP contribution in [0.3, 0.4) is 0 Å². The van der Waals surface area contributed by atoms with E-state index < -0.39 is 11.6 Å². The average molecular weight is 290 g/mol. The van der Waals surface area contributed by atoms with Crippen molar-refractivity contribution in [3.05, 3.63) is 39.2 Å². The summed E-state index contributed by atoms with van der Waals surface area (Å²) in [6, 6.07) is 3.21. The first-order chi connectivity index (χ1) is 9.91. The molecule has 0 unspecified atom stereocenters. The van der Waals surface area contributed by atoms with E-state index in [0.717, 1.165) is 9.13 Å². The summed E-state index contributed by atoms with van der Waals surface area (Å²) in [6.45, 7) is 4.03. The first-order valence-corrected chi connectivity index (χ1v) is 6.78. The van der Waals surface area contributed by atoms with Crippen LogP contribution in [0.1, 0.15) is 20.3 Å². The molecule has 0 aliphatic carbocycles. The fourth-order valence-corrected chi connectivity index (χ4v) is 2.13. The first kappa shape index (κ1) is 15.0. The summed E-state index contributed by atoms with van der Waals surface area (Å²) >= 11 is 0. The fourth-order valence-electron chi connectivity index (χ4n) is 2.13. The Morgan fingerprint density at radius 2 is 2.05 bits per heavy atom. The van der Waals surface area contributed by atoms with Crippen molar-refractivity contribution in [1.82, 2.24) is 14.1 Å². The van der Waals surface area contributed by atoms with Gasteiger partial charge in [0.25, 0.3) is 5.56 Å². The molecule has 0 aliphatic heterocycles. The predicted octanol–water partition coefficient (Wildman–Crippen LogP) is 0.0896. The molecule has 0 bridgehead atoms. The lowest BCUT2D eigenvalue weighted by atomic mass is 10.1. The van der Waals surface area contributed by atoms with Gasteiger partial charge in [-0.3, -0.25) is 18.7 Å². The maximum atomic E-state index is 12.4. The highest BCUT2D eigenvalue weighted by molar-refractivity contribution is 5.78. The van der Waals surface area contributed by atoms with Gasteiger partial charge in [-0.25, -0.2) is 9.78 Å². The SMILES string of the molecule is CC(C)CCn1c(=O)c2cccnc2n(CC(N)=O)c1=O. The van der Waals surface area contributed by atoms with Crippen LogP contribution in [0.15, 0.2) is 27.9 Å². The number of nitrogens with zero attached hydrogens (tertiary/aromatic N) is 3. The van der Waals surface area contributed by atoms with E-state index in [-0.39, 0.29) is 17.8 Å². The number of aromatic nitrogens is 3. The Morgan fingerprint density at radius 3 is 2.67 bits per heavy atom. The third-order valence-corrected chi connectivity index (χ3v) is 3.22. The predicted molar refractivity (Wildman–Crippen MR) is 78.9 cm³/mol. The number of carbonyl (C=O) groups excluding carboxylic acids is 1. The van der Waals surface area contributed by atoms with Crippen LogP contribution in [0.25, 0.3) is 11.0 Å². The summed E-state index contributed by atoms with van der Waals surface area (Å²) in [7, 11) is 0. The second kappa shape index (κ2) is 5.90. The van der Waals surface area contributed by atoms with Crippen molar-refractivity contribution in [1.29, 1.82) is 0 Å². The van der Waals surface area contributed by atoms with Crippen molar-refractivity contribution >= 4 is 16.9 Å². The Kier molecular flexibility index (Phi) is 4.21. The second-order valence-electron chi connectivity index (χ2n) is 5.35. The minimum atomic E-state index is -0.655. The third-order valence-electron chi connectivity index (χ3n) is 3.22. The van der Waals surface area contributed by atoms with E-state index in [9.17, 15) is 14.4 Å². The number of fused-ring (bicyclic) bond motifs is 1. The Hall–Kier alpha value is -2.44. The molecule has 2 heterocycles. The number of carbonyl (C=O) groups is 1. The molecule has 2 aromatic rings. The Labute approximate surface area is 121 Å². The maximum Gasteiger partial charge on any atom is 0.333 e. The van der Waals surface area contributed by atoms with Crippen molar-refractivity contribution in [2.45, 2.75) is 33.4 Å². The molecule has 0 saturated heterocycles. The highest BCUT2D eigenvalue weighted by Gasteiger charge is 2.15. The Morgan fingerprint density at radius 1 is 1.33 bits per heavy atom. The lowest BCUT2D eigenvalue weighted by Gasteiger charge is -2.12. The van der Waals surface area contributed by atoms with Gasteiger partial charge in [0, 0.05) is 12.7 Å². The van der Waals surface area contributed by atoms with Gasteiger partial charge in [0.2, 0.25) is 5.91 Å². The van der Waals surface area contributed by atoms with Gasteiger partial charge in [0.15, 0.2) is 0 Å². The summed E-state index contributed by atoms with van der Waals surface area (Å²) in [5.74, 6) is -0.302. The standard InChI is InChI=1S/C14H18N4O3/c1-9(2)5-7-17-13(20)10-4-3-6-16-12(10)18(14(17)21)8-11(15)19/h3-4,6,9H,5,7-8H2,1-2H3,(H2,15,19). The maximum absolute atomic E-state index is 12.4. The largest absolute Gasteiger partial charge is 0.368 e. The molecule has 0 aliphatic rings. The van der Waals surface area contributed by atoms with Crippen molar-refractivity contribution < 1.29 is 4.79 Å². The molecule has 2 aromatic heterocycles. The van der Waals surface area contributed by atoms with Gasteiger partial charge < -0.3 is 5.73 Å². The molecular formula is C14H18N4O3. The van der Waals surface area contributed by atoms with E-state index in [1.54, 1.807) is 12.1 Å². The molecule has 0 spiro atoms. The van der Waals surface area contributed by atoms with Gasteiger partial charge >= 0.3 is 5.69 Å². The number of amides is 1. The van der Waals surface area contributed by atoms with E-state index in [1.165, 1.54) is 6.20 Å². The Bertz CT molecular complexity index is 789. The van der Waals surface area contributed by atoms with E-state index in [1.807, 2.05) is 13.8 Å². The van der Waals surface area contributed by atoms with Crippen molar-refractivity contribution in [3.63, 3.8) is 0 Å². The van der Waals surface area contributed by atoms with E-state index in [0.29, 0.717) is 24.3 Å². The van der Waals surface area contributed by atoms with Crippen molar-refractivity contribution in [3.8, 4) is 0 Å². The van der Waals surface area contributed by atoms with Gasteiger partial charge in [0.05, 0.1) is 5.39 Å². The van der Waals surface area contributed by atoms with Crippen LogP contribution in [-0.2, 0) is 17.9 Å². The summed E-state index contributed by atoms with van der Waals surface area (Å²) in [5, 5.41) is 0.308. The quantitative estimate of drug-likeness (QED) is 0.843. The molecule has 2 N–H and O–H groups in total. The zero-order chi connectivity index (χ0) is 15.6. The van der Waals surface area contributed by atoms with E-state index in [2.05, 4.69) is 4.98 Å². The van der Waals surface area contributed by atoms with Gasteiger partial charge in [0.1, 0.15) is 12.2 Å². The van der Waals surface area contributed by atoms with Gasteiger partial charge in [-0.15, -0.1) is 0 Å². The molecular weight excluding hydrogens is 272 g/mol. The third kappa shape index (κ3) is 3.01. The number of nitrogens with two attached hydrogens (primary N) is 1. The van der Waals surface area contributed by atoms with Crippen LogP contribution < -0.4 is 17.0 Å². The summed E-state index contributed by atoms with van der Waals surface area (Å²) in [4.78, 5) is 40.0. The van der Waals surface area contributed by atoms with Crippen molar-refractivity contribution in [2.75, 3.05) is 0 Å². The summed E-state index contributed by atoms with van der Waals surface area (Å²) < 4.78 is 2.30. The molecule has 7 heteroatoms. The molecule has 0 aromatic carbocycles. The zero-order valence-electron chi connectivity index (χ0n) is 12.1. The first-order valence-electron chi connectivity index (χ1n) is 6.78. The molecule has 0 atom stereocenters. The molecule has 112 valence electrons. The molecule has 21 heavy (non-hydrogen) atoms. The smallest absolute Gasteiger partial charge is 0.333 e. The number of primary amides is 1. The minimum absolute atomic E-state index is 0.187. The minimum Gasteiger partial charge on any atom is -0.368 e. The van der Waals surface area contributed by atoms with Crippen molar-refractivity contribution in [2.24, 2.45) is 11.7 Å². The monoisotopic (exact) mass is 290 g/mol. The normalized spacial score (nSPS) is 11.2. The Balaban J connectivity index is 2.72. The summed E-state index contributed by atoms with van der Waals surface area (Å²) in [6.07, 6.45) is 2.16. The van der Waals surface area contributed by atoms with Crippen LogP contribution in [-0.4, -0.2) is 20.0 Å². The van der Waals surface area contributed by atoms with Crippen LogP contribution >= 0.6 is 0 Å². The molecule has 2 rings (SSSR count). The number of pyridine rings is 1. The molecule has 1 amide bonds. The molecule has 0 saturated carbocycles. The fraction of sp³-hybridized carbons (Fsp3) is 0.429. The van der Waals surface area contributed by atoms with Gasteiger partial charge in [-0.05, 0) is 24.5 Å². The van der Waals surface area contributed by atoms with Crippen LogP contribution in [0.5, 0.6) is 0 Å².